The normalized spacial score (nSPS) is 20.3. The minimum atomic E-state index is -4.42. The Labute approximate surface area is 122 Å². The van der Waals surface area contributed by atoms with Gasteiger partial charge in [0.2, 0.25) is 0 Å². The van der Waals surface area contributed by atoms with Gasteiger partial charge in [-0.25, -0.2) is 0 Å². The van der Waals surface area contributed by atoms with Crippen LogP contribution < -0.4 is 0 Å². The van der Waals surface area contributed by atoms with Crippen LogP contribution in [-0.2, 0) is 6.18 Å². The van der Waals surface area contributed by atoms with Gasteiger partial charge < -0.3 is 0 Å². The summed E-state index contributed by atoms with van der Waals surface area (Å²) in [6, 6.07) is 3.22. The lowest BCUT2D eigenvalue weighted by molar-refractivity contribution is -0.137. The molecule has 0 radical (unpaired) electrons. The first kappa shape index (κ1) is 14.9. The van der Waals surface area contributed by atoms with Crippen molar-refractivity contribution >= 4 is 33.5 Å². The summed E-state index contributed by atoms with van der Waals surface area (Å²) >= 11 is 4.70. The predicted octanol–water partition coefficient (Wildman–Crippen LogP) is 4.94. The van der Waals surface area contributed by atoms with Crippen LogP contribution in [0, 0.1) is 0 Å². The van der Waals surface area contributed by atoms with E-state index in [1.165, 1.54) is 17.8 Å². The maximum atomic E-state index is 12.7. The zero-order valence-electron chi connectivity index (χ0n) is 9.97. The quantitative estimate of drug-likeness (QED) is 0.701. The van der Waals surface area contributed by atoms with Gasteiger partial charge in [-0.2, -0.15) is 24.9 Å². The van der Waals surface area contributed by atoms with Gasteiger partial charge in [-0.3, -0.25) is 4.79 Å². The molecule has 1 aliphatic heterocycles. The Hall–Kier alpha value is -0.490. The van der Waals surface area contributed by atoms with E-state index in [1.807, 2.05) is 0 Å². The number of halogens is 4. The van der Waals surface area contributed by atoms with Crippen LogP contribution in [0.3, 0.4) is 0 Å². The lowest BCUT2D eigenvalue weighted by Gasteiger charge is -2.21. The van der Waals surface area contributed by atoms with Crippen molar-refractivity contribution in [2.75, 3.05) is 5.75 Å². The first-order valence-corrected chi connectivity index (χ1v) is 7.76. The van der Waals surface area contributed by atoms with E-state index in [0.717, 1.165) is 37.1 Å². The maximum Gasteiger partial charge on any atom is 0.416 e. The van der Waals surface area contributed by atoms with Crippen molar-refractivity contribution in [2.45, 2.75) is 30.7 Å². The van der Waals surface area contributed by atoms with Gasteiger partial charge in [0.05, 0.1) is 10.8 Å². The molecule has 1 aromatic rings. The van der Waals surface area contributed by atoms with Gasteiger partial charge in [-0.15, -0.1) is 0 Å². The molecular formula is C13H12BrF3OS. The third-order valence-electron chi connectivity index (χ3n) is 3.03. The number of carbonyl (C=O) groups is 1. The first-order valence-electron chi connectivity index (χ1n) is 5.92. The van der Waals surface area contributed by atoms with Gasteiger partial charge in [0.1, 0.15) is 0 Å². The highest BCUT2D eigenvalue weighted by Gasteiger charge is 2.32. The molecule has 0 amide bonds. The van der Waals surface area contributed by atoms with Gasteiger partial charge in [-0.05, 0) is 36.8 Å². The summed E-state index contributed by atoms with van der Waals surface area (Å²) in [4.78, 5) is 12.3. The summed E-state index contributed by atoms with van der Waals surface area (Å²) in [5.74, 6) is 0.690. The Balaban J connectivity index is 2.30. The molecule has 1 atom stereocenters. The topological polar surface area (TPSA) is 17.1 Å². The van der Waals surface area contributed by atoms with E-state index < -0.39 is 11.7 Å². The van der Waals surface area contributed by atoms with E-state index in [2.05, 4.69) is 15.9 Å². The van der Waals surface area contributed by atoms with Gasteiger partial charge in [0, 0.05) is 10.0 Å². The largest absolute Gasteiger partial charge is 0.416 e. The summed E-state index contributed by atoms with van der Waals surface area (Å²) in [6.45, 7) is 0. The Morgan fingerprint density at radius 1 is 1.32 bits per heavy atom. The lowest BCUT2D eigenvalue weighted by Crippen LogP contribution is -2.22. The van der Waals surface area contributed by atoms with Gasteiger partial charge >= 0.3 is 6.18 Å². The number of thioether (sulfide) groups is 1. The van der Waals surface area contributed by atoms with E-state index in [9.17, 15) is 18.0 Å². The number of hydrogen-bond acceptors (Lipinski definition) is 2. The molecule has 6 heteroatoms. The molecule has 1 heterocycles. The smallest absolute Gasteiger partial charge is 0.293 e. The Morgan fingerprint density at radius 3 is 2.63 bits per heavy atom. The van der Waals surface area contributed by atoms with Crippen molar-refractivity contribution < 1.29 is 18.0 Å². The van der Waals surface area contributed by atoms with E-state index in [-0.39, 0.29) is 16.6 Å². The number of hydrogen-bond donors (Lipinski definition) is 0. The van der Waals surface area contributed by atoms with Crippen LogP contribution >= 0.6 is 27.7 Å². The van der Waals surface area contributed by atoms with Crippen molar-refractivity contribution in [2.24, 2.45) is 0 Å². The number of Topliss-reactive ketones (excluding diaryl/α,β-unsaturated/α-hetero) is 1. The van der Waals surface area contributed by atoms with Gasteiger partial charge in [0.25, 0.3) is 0 Å². The Morgan fingerprint density at radius 2 is 2.05 bits per heavy atom. The molecule has 0 bridgehead atoms. The summed E-state index contributed by atoms with van der Waals surface area (Å²) in [7, 11) is 0. The predicted molar refractivity (Wildman–Crippen MR) is 73.6 cm³/mol. The second-order valence-electron chi connectivity index (χ2n) is 4.41. The zero-order valence-corrected chi connectivity index (χ0v) is 12.4. The third-order valence-corrected chi connectivity index (χ3v) is 5.10. The minimum absolute atomic E-state index is 0.134. The van der Waals surface area contributed by atoms with Crippen LogP contribution in [0.4, 0.5) is 13.2 Å². The first-order chi connectivity index (χ1) is 8.89. The number of rotatable bonds is 2. The molecule has 0 saturated carbocycles. The van der Waals surface area contributed by atoms with Gasteiger partial charge in [-0.1, -0.05) is 22.4 Å². The second-order valence-corrected chi connectivity index (χ2v) is 6.58. The summed E-state index contributed by atoms with van der Waals surface area (Å²) in [5.41, 5.74) is -0.644. The lowest BCUT2D eigenvalue weighted by atomic mass is 10.0. The van der Waals surface area contributed by atoms with E-state index in [0.29, 0.717) is 4.47 Å². The standard InChI is InChI=1S/C13H12BrF3OS/c14-10-5-4-8(13(15,16)17)7-9(10)12(18)11-3-1-2-6-19-11/h4-5,7,11H,1-3,6H2. The third kappa shape index (κ3) is 3.54. The molecule has 1 nitrogen and oxygen atoms in total. The average Bonchev–Trinajstić information content (AvgIpc) is 2.38. The molecule has 0 aliphatic carbocycles. The fourth-order valence-corrected chi connectivity index (χ4v) is 3.72. The molecule has 1 unspecified atom stereocenters. The number of alkyl halides is 3. The Kier molecular flexibility index (Phi) is 4.61. The molecule has 1 saturated heterocycles. The fourth-order valence-electron chi connectivity index (χ4n) is 2.01. The Bertz CT molecular complexity index is 481. The highest BCUT2D eigenvalue weighted by molar-refractivity contribution is 9.10. The minimum Gasteiger partial charge on any atom is -0.293 e. The molecule has 19 heavy (non-hydrogen) atoms. The van der Waals surface area contributed by atoms with Gasteiger partial charge in [0.15, 0.2) is 5.78 Å². The van der Waals surface area contributed by atoms with Crippen molar-refractivity contribution in [1.82, 2.24) is 0 Å². The molecule has 104 valence electrons. The molecule has 1 aromatic carbocycles. The highest BCUT2D eigenvalue weighted by atomic mass is 79.9. The van der Waals surface area contributed by atoms with Crippen LogP contribution in [0.5, 0.6) is 0 Å². The van der Waals surface area contributed by atoms with Crippen LogP contribution in [0.25, 0.3) is 0 Å². The average molecular weight is 353 g/mol. The molecule has 0 aromatic heterocycles. The molecule has 2 rings (SSSR count). The van der Waals surface area contributed by atoms with Crippen LogP contribution in [-0.4, -0.2) is 16.8 Å². The highest BCUT2D eigenvalue weighted by Crippen LogP contribution is 2.34. The number of benzene rings is 1. The fraction of sp³-hybridized carbons (Fsp3) is 0.462. The van der Waals surface area contributed by atoms with E-state index in [4.69, 9.17) is 0 Å². The molecule has 0 spiro atoms. The number of ketones is 1. The van der Waals surface area contributed by atoms with E-state index in [1.54, 1.807) is 0 Å². The molecule has 0 N–H and O–H groups in total. The summed E-state index contributed by atoms with van der Waals surface area (Å²) in [6.07, 6.45) is -1.65. The number of carbonyl (C=O) groups excluding carboxylic acids is 1. The monoisotopic (exact) mass is 352 g/mol. The second kappa shape index (κ2) is 5.87. The zero-order chi connectivity index (χ0) is 14.0. The van der Waals surface area contributed by atoms with Crippen LogP contribution in [0.1, 0.15) is 35.2 Å². The molecule has 1 fully saturated rings. The van der Waals surface area contributed by atoms with Crippen molar-refractivity contribution in [3.05, 3.63) is 33.8 Å². The van der Waals surface area contributed by atoms with Crippen LogP contribution in [0.2, 0.25) is 0 Å². The summed E-state index contributed by atoms with van der Waals surface area (Å²) in [5, 5.41) is -0.214. The van der Waals surface area contributed by atoms with Crippen molar-refractivity contribution in [1.29, 1.82) is 0 Å². The molecular weight excluding hydrogens is 341 g/mol. The SMILES string of the molecule is O=C(c1cc(C(F)(F)F)ccc1Br)C1CCCCS1. The van der Waals surface area contributed by atoms with Crippen molar-refractivity contribution in [3.63, 3.8) is 0 Å². The van der Waals surface area contributed by atoms with E-state index >= 15 is 0 Å². The molecule has 1 aliphatic rings. The van der Waals surface area contributed by atoms with Crippen LogP contribution in [0.15, 0.2) is 22.7 Å². The summed E-state index contributed by atoms with van der Waals surface area (Å²) < 4.78 is 38.4. The maximum absolute atomic E-state index is 12.7. The van der Waals surface area contributed by atoms with Crippen molar-refractivity contribution in [3.8, 4) is 0 Å².